The average Bonchev–Trinajstić information content (AvgIpc) is 3.37. The first-order valence-electron chi connectivity index (χ1n) is 11.2. The van der Waals surface area contributed by atoms with Crippen molar-refractivity contribution in [2.24, 2.45) is 5.92 Å². The summed E-state index contributed by atoms with van der Waals surface area (Å²) in [5.41, 5.74) is 2.89. The molecule has 1 amide bonds. The van der Waals surface area contributed by atoms with Crippen molar-refractivity contribution in [1.29, 1.82) is 5.26 Å². The number of anilines is 1. The summed E-state index contributed by atoms with van der Waals surface area (Å²) < 4.78 is 7.74. The Balaban J connectivity index is 1.39. The maximum atomic E-state index is 12.7. The van der Waals surface area contributed by atoms with Crippen LogP contribution in [0.15, 0.2) is 42.1 Å². The van der Waals surface area contributed by atoms with Crippen LogP contribution in [0.25, 0.3) is 0 Å². The van der Waals surface area contributed by atoms with Crippen molar-refractivity contribution in [3.8, 4) is 11.8 Å². The summed E-state index contributed by atoms with van der Waals surface area (Å²) in [5.74, 6) is 2.03. The standard InChI is InChI=1S/C25H27N5O2S2/c1-4-11-30-22(14-32-18-8-5-16(2)6-9-18)28-29-25(30)33-15-23(31)27-24-20(13-26)19-10-7-17(3)12-21(19)34-24/h4-6,8-9,17H,1,7,10-12,14-15H2,2-3H3,(H,27,31). The second kappa shape index (κ2) is 10.9. The van der Waals surface area contributed by atoms with Crippen molar-refractivity contribution in [2.75, 3.05) is 11.1 Å². The number of rotatable bonds is 9. The van der Waals surface area contributed by atoms with Crippen LogP contribution in [-0.4, -0.2) is 26.4 Å². The van der Waals surface area contributed by atoms with Crippen LogP contribution in [0.3, 0.4) is 0 Å². The van der Waals surface area contributed by atoms with Gasteiger partial charge in [0.2, 0.25) is 5.91 Å². The molecule has 0 spiro atoms. The predicted octanol–water partition coefficient (Wildman–Crippen LogP) is 5.14. The van der Waals surface area contributed by atoms with E-state index in [-0.39, 0.29) is 18.3 Å². The lowest BCUT2D eigenvalue weighted by Crippen LogP contribution is -2.15. The number of thiophene rings is 1. The van der Waals surface area contributed by atoms with Crippen molar-refractivity contribution in [3.05, 3.63) is 64.3 Å². The number of aromatic nitrogens is 3. The monoisotopic (exact) mass is 493 g/mol. The van der Waals surface area contributed by atoms with Crippen molar-refractivity contribution < 1.29 is 9.53 Å². The molecule has 9 heteroatoms. The molecule has 1 unspecified atom stereocenters. The number of hydrogen-bond acceptors (Lipinski definition) is 7. The number of benzene rings is 1. The topological polar surface area (TPSA) is 92.8 Å². The van der Waals surface area contributed by atoms with E-state index >= 15 is 0 Å². The van der Waals surface area contributed by atoms with E-state index in [2.05, 4.69) is 35.1 Å². The van der Waals surface area contributed by atoms with Gasteiger partial charge in [0.05, 0.1) is 11.3 Å². The number of hydrogen-bond donors (Lipinski definition) is 1. The smallest absolute Gasteiger partial charge is 0.235 e. The maximum absolute atomic E-state index is 12.7. The largest absolute Gasteiger partial charge is 0.486 e. The van der Waals surface area contributed by atoms with Gasteiger partial charge in [-0.25, -0.2) is 0 Å². The minimum atomic E-state index is -0.168. The molecule has 0 aliphatic heterocycles. The SMILES string of the molecule is C=CCn1c(COc2ccc(C)cc2)nnc1SCC(=O)Nc1sc2c(c1C#N)CCC(C)C2. The summed E-state index contributed by atoms with van der Waals surface area (Å²) in [6.45, 7) is 8.85. The van der Waals surface area contributed by atoms with Gasteiger partial charge in [-0.3, -0.25) is 9.36 Å². The molecule has 1 atom stereocenters. The zero-order valence-corrected chi connectivity index (χ0v) is 21.0. The lowest BCUT2D eigenvalue weighted by Gasteiger charge is -2.17. The number of aryl methyl sites for hydroxylation is 1. The molecular weight excluding hydrogens is 466 g/mol. The highest BCUT2D eigenvalue weighted by Crippen LogP contribution is 2.39. The van der Waals surface area contributed by atoms with Crippen LogP contribution in [0.5, 0.6) is 5.75 Å². The Hall–Kier alpha value is -3.09. The minimum Gasteiger partial charge on any atom is -0.486 e. The number of carbonyl (C=O) groups is 1. The third-order valence-corrected chi connectivity index (χ3v) is 7.84. The zero-order chi connectivity index (χ0) is 24.1. The van der Waals surface area contributed by atoms with Gasteiger partial charge in [0.25, 0.3) is 0 Å². The summed E-state index contributed by atoms with van der Waals surface area (Å²) in [7, 11) is 0. The summed E-state index contributed by atoms with van der Waals surface area (Å²) in [5, 5.41) is 22.4. The van der Waals surface area contributed by atoms with Crippen LogP contribution in [-0.2, 0) is 30.8 Å². The van der Waals surface area contributed by atoms with Gasteiger partial charge in [-0.15, -0.1) is 28.1 Å². The van der Waals surface area contributed by atoms with Gasteiger partial charge in [-0.2, -0.15) is 5.26 Å². The number of nitrogens with zero attached hydrogens (tertiary/aromatic N) is 4. The third-order valence-electron chi connectivity index (χ3n) is 5.70. The Kier molecular flexibility index (Phi) is 7.70. The maximum Gasteiger partial charge on any atom is 0.235 e. The van der Waals surface area contributed by atoms with Gasteiger partial charge in [-0.1, -0.05) is 42.5 Å². The molecule has 0 bridgehead atoms. The van der Waals surface area contributed by atoms with Crippen molar-refractivity contribution in [2.45, 2.75) is 51.4 Å². The van der Waals surface area contributed by atoms with Gasteiger partial charge in [-0.05, 0) is 49.8 Å². The molecule has 0 radical (unpaired) electrons. The van der Waals surface area contributed by atoms with E-state index in [1.807, 2.05) is 35.8 Å². The van der Waals surface area contributed by atoms with Gasteiger partial charge in [0.1, 0.15) is 23.4 Å². The molecule has 0 fully saturated rings. The Morgan fingerprint density at radius 2 is 2.21 bits per heavy atom. The fourth-order valence-electron chi connectivity index (χ4n) is 3.88. The summed E-state index contributed by atoms with van der Waals surface area (Å²) in [6.07, 6.45) is 4.71. The third kappa shape index (κ3) is 5.51. The second-order valence-corrected chi connectivity index (χ2v) is 10.5. The minimum absolute atomic E-state index is 0.165. The van der Waals surface area contributed by atoms with E-state index in [0.29, 0.717) is 34.0 Å². The summed E-state index contributed by atoms with van der Waals surface area (Å²) >= 11 is 2.84. The van der Waals surface area contributed by atoms with Crippen LogP contribution in [0, 0.1) is 24.2 Å². The lowest BCUT2D eigenvalue weighted by atomic mass is 9.89. The van der Waals surface area contributed by atoms with E-state index in [4.69, 9.17) is 4.74 Å². The molecule has 3 aromatic rings. The molecule has 1 aromatic carbocycles. The number of allylic oxidation sites excluding steroid dienone is 1. The number of ether oxygens (including phenoxy) is 1. The summed E-state index contributed by atoms with van der Waals surface area (Å²) in [6, 6.07) is 10.1. The van der Waals surface area contributed by atoms with E-state index < -0.39 is 0 Å². The van der Waals surface area contributed by atoms with Crippen LogP contribution >= 0.6 is 23.1 Å². The molecule has 0 saturated carbocycles. The fraction of sp³-hybridized carbons (Fsp3) is 0.360. The molecule has 2 aromatic heterocycles. The highest BCUT2D eigenvalue weighted by Gasteiger charge is 2.25. The van der Waals surface area contributed by atoms with E-state index in [1.165, 1.54) is 33.5 Å². The highest BCUT2D eigenvalue weighted by atomic mass is 32.2. The number of thioether (sulfide) groups is 1. The van der Waals surface area contributed by atoms with Gasteiger partial charge in [0.15, 0.2) is 11.0 Å². The van der Waals surface area contributed by atoms with Crippen LogP contribution in [0.1, 0.15) is 40.7 Å². The number of carbonyl (C=O) groups excluding carboxylic acids is 1. The van der Waals surface area contributed by atoms with Crippen LogP contribution < -0.4 is 10.1 Å². The normalized spacial score (nSPS) is 14.8. The van der Waals surface area contributed by atoms with Gasteiger partial charge >= 0.3 is 0 Å². The van der Waals surface area contributed by atoms with E-state index in [0.717, 1.165) is 30.6 Å². The molecule has 1 aliphatic rings. The number of fused-ring (bicyclic) bond motifs is 1. The molecule has 0 saturated heterocycles. The Bertz CT molecular complexity index is 1220. The molecule has 4 rings (SSSR count). The molecule has 1 aliphatic carbocycles. The van der Waals surface area contributed by atoms with Gasteiger partial charge < -0.3 is 10.1 Å². The molecule has 7 nitrogen and oxygen atoms in total. The zero-order valence-electron chi connectivity index (χ0n) is 19.3. The number of nitrogens with one attached hydrogen (secondary N) is 1. The van der Waals surface area contributed by atoms with Gasteiger partial charge in [0, 0.05) is 11.4 Å². The van der Waals surface area contributed by atoms with Crippen LogP contribution in [0.2, 0.25) is 0 Å². The van der Waals surface area contributed by atoms with Crippen molar-refractivity contribution in [3.63, 3.8) is 0 Å². The first kappa shape index (κ1) is 24.0. The highest BCUT2D eigenvalue weighted by molar-refractivity contribution is 7.99. The number of amides is 1. The molecular formula is C25H27N5O2S2. The Morgan fingerprint density at radius 1 is 1.41 bits per heavy atom. The fourth-order valence-corrected chi connectivity index (χ4v) is 6.02. The van der Waals surface area contributed by atoms with Crippen LogP contribution in [0.4, 0.5) is 5.00 Å². The summed E-state index contributed by atoms with van der Waals surface area (Å²) in [4.78, 5) is 13.9. The predicted molar refractivity (Wildman–Crippen MR) is 135 cm³/mol. The molecule has 34 heavy (non-hydrogen) atoms. The first-order chi connectivity index (χ1) is 16.5. The first-order valence-corrected chi connectivity index (χ1v) is 13.0. The lowest BCUT2D eigenvalue weighted by molar-refractivity contribution is -0.113. The number of nitriles is 1. The van der Waals surface area contributed by atoms with E-state index in [1.54, 1.807) is 6.08 Å². The Labute approximate surface area is 207 Å². The molecule has 1 N–H and O–H groups in total. The average molecular weight is 494 g/mol. The molecule has 176 valence electrons. The van der Waals surface area contributed by atoms with E-state index in [9.17, 15) is 10.1 Å². The quantitative estimate of drug-likeness (QED) is 0.328. The van der Waals surface area contributed by atoms with Crippen molar-refractivity contribution >= 4 is 34.0 Å². The molecule has 2 heterocycles. The Morgan fingerprint density at radius 3 is 2.94 bits per heavy atom. The van der Waals surface area contributed by atoms with Crippen molar-refractivity contribution in [1.82, 2.24) is 14.8 Å². The second-order valence-electron chi connectivity index (χ2n) is 8.40.